The summed E-state index contributed by atoms with van der Waals surface area (Å²) in [6, 6.07) is 24.4. The molecular formula is C26H27N3O4. The molecule has 0 aliphatic rings. The van der Waals surface area contributed by atoms with Gasteiger partial charge in [0.05, 0.1) is 11.3 Å². The lowest BCUT2D eigenvalue weighted by Gasteiger charge is -2.31. The van der Waals surface area contributed by atoms with Gasteiger partial charge in [-0.25, -0.2) is 0 Å². The van der Waals surface area contributed by atoms with Crippen LogP contribution in [0.5, 0.6) is 0 Å². The number of nitro benzene ring substituents is 1. The predicted octanol–water partition coefficient (Wildman–Crippen LogP) is 3.91. The molecule has 2 amide bonds. The van der Waals surface area contributed by atoms with Crippen molar-refractivity contribution >= 4 is 17.5 Å². The molecule has 33 heavy (non-hydrogen) atoms. The maximum absolute atomic E-state index is 13.6. The Bertz CT molecular complexity index is 1090. The molecule has 0 fully saturated rings. The van der Waals surface area contributed by atoms with Gasteiger partial charge in [0.15, 0.2) is 0 Å². The van der Waals surface area contributed by atoms with Gasteiger partial charge < -0.3 is 10.2 Å². The lowest BCUT2D eigenvalue weighted by Crippen LogP contribution is -2.51. The Morgan fingerprint density at radius 2 is 1.48 bits per heavy atom. The molecule has 0 bridgehead atoms. The fourth-order valence-electron chi connectivity index (χ4n) is 3.73. The van der Waals surface area contributed by atoms with Crippen molar-refractivity contribution in [1.29, 1.82) is 0 Å². The van der Waals surface area contributed by atoms with E-state index in [2.05, 4.69) is 5.32 Å². The molecule has 0 radical (unpaired) electrons. The normalized spacial score (nSPS) is 11.4. The number of nitrogens with zero attached hydrogens (tertiary/aromatic N) is 2. The Hall–Kier alpha value is -4.00. The van der Waals surface area contributed by atoms with Crippen molar-refractivity contribution in [3.63, 3.8) is 0 Å². The summed E-state index contributed by atoms with van der Waals surface area (Å²) in [4.78, 5) is 39.1. The van der Waals surface area contributed by atoms with Gasteiger partial charge in [-0.15, -0.1) is 0 Å². The van der Waals surface area contributed by atoms with Gasteiger partial charge in [0.1, 0.15) is 6.04 Å². The minimum absolute atomic E-state index is 0.108. The van der Waals surface area contributed by atoms with E-state index in [9.17, 15) is 19.7 Å². The smallest absolute Gasteiger partial charge is 0.273 e. The third kappa shape index (κ3) is 6.49. The molecule has 1 atom stereocenters. The second-order valence-corrected chi connectivity index (χ2v) is 7.67. The van der Waals surface area contributed by atoms with E-state index in [0.29, 0.717) is 18.5 Å². The monoisotopic (exact) mass is 445 g/mol. The van der Waals surface area contributed by atoms with Crippen molar-refractivity contribution < 1.29 is 14.5 Å². The maximum atomic E-state index is 13.6. The lowest BCUT2D eigenvalue weighted by atomic mass is 10.0. The average Bonchev–Trinajstić information content (AvgIpc) is 2.83. The number of rotatable bonds is 10. The third-order valence-electron chi connectivity index (χ3n) is 5.35. The third-order valence-corrected chi connectivity index (χ3v) is 5.35. The van der Waals surface area contributed by atoms with E-state index in [1.165, 1.54) is 11.0 Å². The molecule has 7 heteroatoms. The van der Waals surface area contributed by atoms with Crippen LogP contribution in [0.4, 0.5) is 5.69 Å². The van der Waals surface area contributed by atoms with E-state index in [-0.39, 0.29) is 30.5 Å². The van der Waals surface area contributed by atoms with Gasteiger partial charge in [-0.1, -0.05) is 78.9 Å². The molecule has 0 spiro atoms. The van der Waals surface area contributed by atoms with Crippen LogP contribution >= 0.6 is 0 Å². The summed E-state index contributed by atoms with van der Waals surface area (Å²) >= 11 is 0. The number of hydrogen-bond donors (Lipinski definition) is 1. The van der Waals surface area contributed by atoms with E-state index in [4.69, 9.17) is 0 Å². The molecule has 0 aliphatic heterocycles. The molecule has 3 aromatic rings. The highest BCUT2D eigenvalue weighted by molar-refractivity contribution is 5.89. The molecule has 0 saturated carbocycles. The zero-order chi connectivity index (χ0) is 23.6. The van der Waals surface area contributed by atoms with Crippen molar-refractivity contribution in [2.24, 2.45) is 0 Å². The SMILES string of the molecule is CCNC(=O)[C@H](Cc1ccccc1)N(Cc1ccccc1)C(=O)Cc1ccccc1[N+](=O)[O-]. The van der Waals surface area contributed by atoms with Crippen molar-refractivity contribution in [3.05, 3.63) is 112 Å². The van der Waals surface area contributed by atoms with Crippen LogP contribution in [-0.2, 0) is 29.0 Å². The number of hydrogen-bond acceptors (Lipinski definition) is 4. The van der Waals surface area contributed by atoms with Gasteiger partial charge in [0, 0.05) is 31.1 Å². The number of para-hydroxylation sites is 1. The van der Waals surface area contributed by atoms with Crippen molar-refractivity contribution in [2.45, 2.75) is 32.4 Å². The van der Waals surface area contributed by atoms with Crippen LogP contribution in [0.2, 0.25) is 0 Å². The van der Waals surface area contributed by atoms with Crippen molar-refractivity contribution in [1.82, 2.24) is 10.2 Å². The highest BCUT2D eigenvalue weighted by Crippen LogP contribution is 2.21. The van der Waals surface area contributed by atoms with Gasteiger partial charge in [0.25, 0.3) is 5.69 Å². The minimum atomic E-state index is -0.761. The molecule has 7 nitrogen and oxygen atoms in total. The first-order valence-corrected chi connectivity index (χ1v) is 10.9. The van der Waals surface area contributed by atoms with E-state index >= 15 is 0 Å². The molecular weight excluding hydrogens is 418 g/mol. The standard InChI is InChI=1S/C26H27N3O4/c1-2-27-26(31)24(17-20-11-5-3-6-12-20)28(19-21-13-7-4-8-14-21)25(30)18-22-15-9-10-16-23(22)29(32)33/h3-16,24H,2,17-19H2,1H3,(H,27,31)/t24-/m0/s1. The molecule has 0 aliphatic carbocycles. The van der Waals surface area contributed by atoms with Crippen LogP contribution in [-0.4, -0.2) is 34.2 Å². The van der Waals surface area contributed by atoms with E-state index in [1.807, 2.05) is 67.6 Å². The topological polar surface area (TPSA) is 92.6 Å². The first-order valence-electron chi connectivity index (χ1n) is 10.9. The second-order valence-electron chi connectivity index (χ2n) is 7.67. The zero-order valence-electron chi connectivity index (χ0n) is 18.5. The van der Waals surface area contributed by atoms with Crippen LogP contribution in [0.1, 0.15) is 23.6 Å². The van der Waals surface area contributed by atoms with Crippen LogP contribution in [0.3, 0.4) is 0 Å². The van der Waals surface area contributed by atoms with Gasteiger partial charge in [-0.3, -0.25) is 19.7 Å². The van der Waals surface area contributed by atoms with Gasteiger partial charge >= 0.3 is 0 Å². The largest absolute Gasteiger partial charge is 0.355 e. The van der Waals surface area contributed by atoms with Crippen molar-refractivity contribution in [2.75, 3.05) is 6.54 Å². The molecule has 0 heterocycles. The predicted molar refractivity (Wildman–Crippen MR) is 126 cm³/mol. The van der Waals surface area contributed by atoms with E-state index < -0.39 is 11.0 Å². The Morgan fingerprint density at radius 3 is 2.09 bits per heavy atom. The van der Waals surface area contributed by atoms with Gasteiger partial charge in [-0.05, 0) is 18.1 Å². The molecule has 3 aromatic carbocycles. The number of carbonyl (C=O) groups is 2. The zero-order valence-corrected chi connectivity index (χ0v) is 18.5. The second kappa shape index (κ2) is 11.6. The number of nitro groups is 1. The van der Waals surface area contributed by atoms with Gasteiger partial charge in [-0.2, -0.15) is 0 Å². The number of likely N-dealkylation sites (N-methyl/N-ethyl adjacent to an activating group) is 1. The molecule has 0 saturated heterocycles. The highest BCUT2D eigenvalue weighted by atomic mass is 16.6. The van der Waals surface area contributed by atoms with Crippen molar-refractivity contribution in [3.8, 4) is 0 Å². The Labute approximate surface area is 193 Å². The maximum Gasteiger partial charge on any atom is 0.273 e. The Kier molecular flexibility index (Phi) is 8.30. The molecule has 170 valence electrons. The van der Waals surface area contributed by atoms with Gasteiger partial charge in [0.2, 0.25) is 11.8 Å². The first kappa shape index (κ1) is 23.7. The fraction of sp³-hybridized carbons (Fsp3) is 0.231. The molecule has 1 N–H and O–H groups in total. The highest BCUT2D eigenvalue weighted by Gasteiger charge is 2.31. The minimum Gasteiger partial charge on any atom is -0.355 e. The number of amides is 2. The average molecular weight is 446 g/mol. The fourth-order valence-corrected chi connectivity index (χ4v) is 3.73. The summed E-state index contributed by atoms with van der Waals surface area (Å²) in [5.74, 6) is -0.603. The summed E-state index contributed by atoms with van der Waals surface area (Å²) < 4.78 is 0. The molecule has 0 unspecified atom stereocenters. The first-order chi connectivity index (χ1) is 16.0. The molecule has 0 aromatic heterocycles. The number of carbonyl (C=O) groups excluding carboxylic acids is 2. The number of nitrogens with one attached hydrogen (secondary N) is 1. The summed E-state index contributed by atoms with van der Waals surface area (Å²) in [7, 11) is 0. The summed E-state index contributed by atoms with van der Waals surface area (Å²) in [6.45, 7) is 2.48. The van der Waals surface area contributed by atoms with E-state index in [1.54, 1.807) is 18.2 Å². The van der Waals surface area contributed by atoms with Crippen LogP contribution in [0, 0.1) is 10.1 Å². The van der Waals surface area contributed by atoms with Crippen LogP contribution in [0.15, 0.2) is 84.9 Å². The Morgan fingerprint density at radius 1 is 0.909 bits per heavy atom. The number of benzene rings is 3. The quantitative estimate of drug-likeness (QED) is 0.378. The van der Waals surface area contributed by atoms with Crippen LogP contribution in [0.25, 0.3) is 0 Å². The van der Waals surface area contributed by atoms with Crippen LogP contribution < -0.4 is 5.32 Å². The molecule has 3 rings (SSSR count). The summed E-state index contributed by atoms with van der Waals surface area (Å²) in [5, 5.41) is 14.3. The summed E-state index contributed by atoms with van der Waals surface area (Å²) in [5.41, 5.74) is 2.00. The lowest BCUT2D eigenvalue weighted by molar-refractivity contribution is -0.385. The Balaban J connectivity index is 1.97. The van der Waals surface area contributed by atoms with E-state index in [0.717, 1.165) is 11.1 Å². The summed E-state index contributed by atoms with van der Waals surface area (Å²) in [6.07, 6.45) is 0.164.